The molecule has 8 heteroatoms. The molecule has 1 saturated heterocycles. The summed E-state index contributed by atoms with van der Waals surface area (Å²) in [6, 6.07) is 15.2. The number of anilines is 1. The Kier molecular flexibility index (Phi) is 7.30. The van der Waals surface area contributed by atoms with Gasteiger partial charge in [-0.25, -0.2) is 0 Å². The van der Waals surface area contributed by atoms with E-state index in [-0.39, 0.29) is 11.9 Å². The molecule has 2 N–H and O–H groups in total. The van der Waals surface area contributed by atoms with Gasteiger partial charge in [-0.3, -0.25) is 14.8 Å². The van der Waals surface area contributed by atoms with Gasteiger partial charge in [0.25, 0.3) is 0 Å². The average Bonchev–Trinajstić information content (AvgIpc) is 3.32. The first-order valence-corrected chi connectivity index (χ1v) is 12.9. The first-order chi connectivity index (χ1) is 17.5. The van der Waals surface area contributed by atoms with Crippen molar-refractivity contribution in [2.45, 2.75) is 25.8 Å². The highest BCUT2D eigenvalue weighted by Crippen LogP contribution is 2.38. The predicted octanol–water partition coefficient (Wildman–Crippen LogP) is 4.65. The van der Waals surface area contributed by atoms with E-state index in [4.69, 9.17) is 11.6 Å². The summed E-state index contributed by atoms with van der Waals surface area (Å²) in [5.41, 5.74) is 5.02. The van der Waals surface area contributed by atoms with Gasteiger partial charge in [0.15, 0.2) is 0 Å². The lowest BCUT2D eigenvalue weighted by Gasteiger charge is -2.36. The maximum absolute atomic E-state index is 12.5. The third-order valence-corrected chi connectivity index (χ3v) is 7.45. The number of benzene rings is 2. The van der Waals surface area contributed by atoms with Gasteiger partial charge in [0, 0.05) is 74.5 Å². The van der Waals surface area contributed by atoms with Crippen LogP contribution in [0, 0.1) is 0 Å². The number of aromatic amines is 1. The summed E-state index contributed by atoms with van der Waals surface area (Å²) in [7, 11) is 0. The highest BCUT2D eigenvalue weighted by Gasteiger charge is 2.33. The molecule has 5 rings (SSSR count). The van der Waals surface area contributed by atoms with Crippen molar-refractivity contribution in [2.24, 2.45) is 0 Å². The van der Waals surface area contributed by atoms with Crippen LogP contribution in [0.2, 0.25) is 5.02 Å². The Hall–Kier alpha value is -3.29. The zero-order valence-corrected chi connectivity index (χ0v) is 21.3. The molecule has 0 radical (unpaired) electrons. The molecule has 36 heavy (non-hydrogen) atoms. The molecule has 7 nitrogen and oxygen atoms in total. The standard InChI is InChI=1S/C28H32ClN5O2/c1-20(35)34-15-13-23-27(28(31-30-23)21-9-11-22(29)12-10-21)25(34)7-4-5-14-32-16-18-33(19-17-32)24-6-2-3-8-26(24)36/h2-6,8-12,25,36H,7,13-19H2,1H3,(H,30,31). The summed E-state index contributed by atoms with van der Waals surface area (Å²) >= 11 is 6.10. The molecule has 2 aliphatic heterocycles. The lowest BCUT2D eigenvalue weighted by molar-refractivity contribution is -0.131. The van der Waals surface area contributed by atoms with Crippen LogP contribution < -0.4 is 4.90 Å². The molecule has 2 aliphatic rings. The second kappa shape index (κ2) is 10.8. The van der Waals surface area contributed by atoms with E-state index in [1.807, 2.05) is 47.4 Å². The molecule has 0 saturated carbocycles. The van der Waals surface area contributed by atoms with Crippen LogP contribution in [0.3, 0.4) is 0 Å². The molecule has 188 valence electrons. The van der Waals surface area contributed by atoms with Crippen molar-refractivity contribution in [3.8, 4) is 17.0 Å². The molecule has 2 aromatic carbocycles. The van der Waals surface area contributed by atoms with Crippen molar-refractivity contribution >= 4 is 23.2 Å². The van der Waals surface area contributed by atoms with Crippen molar-refractivity contribution in [1.82, 2.24) is 20.0 Å². The number of halogens is 1. The van der Waals surface area contributed by atoms with Gasteiger partial charge in [-0.15, -0.1) is 0 Å². The predicted molar refractivity (Wildman–Crippen MR) is 143 cm³/mol. The molecular formula is C28H32ClN5O2. The number of aromatic nitrogens is 2. The third-order valence-electron chi connectivity index (χ3n) is 7.20. The minimum Gasteiger partial charge on any atom is -0.506 e. The number of hydrogen-bond acceptors (Lipinski definition) is 5. The number of carbonyl (C=O) groups is 1. The Labute approximate surface area is 217 Å². The molecule has 0 bridgehead atoms. The normalized spacial score (nSPS) is 18.6. The number of nitrogens with one attached hydrogen (secondary N) is 1. The second-order valence-electron chi connectivity index (χ2n) is 9.43. The third kappa shape index (κ3) is 5.13. The second-order valence-corrected chi connectivity index (χ2v) is 9.87. The number of aromatic hydroxyl groups is 1. The molecular weight excluding hydrogens is 474 g/mol. The summed E-state index contributed by atoms with van der Waals surface area (Å²) in [6.07, 6.45) is 5.93. The molecule has 1 aromatic heterocycles. The monoisotopic (exact) mass is 505 g/mol. The van der Waals surface area contributed by atoms with E-state index in [9.17, 15) is 9.90 Å². The van der Waals surface area contributed by atoms with Gasteiger partial charge in [0.05, 0.1) is 17.4 Å². The van der Waals surface area contributed by atoms with Crippen LogP contribution in [0.25, 0.3) is 11.3 Å². The highest BCUT2D eigenvalue weighted by atomic mass is 35.5. The first kappa shape index (κ1) is 24.4. The van der Waals surface area contributed by atoms with E-state index in [1.165, 1.54) is 0 Å². The quantitative estimate of drug-likeness (QED) is 0.477. The summed E-state index contributed by atoms with van der Waals surface area (Å²) in [4.78, 5) is 19.1. The Morgan fingerprint density at radius 1 is 1.08 bits per heavy atom. The van der Waals surface area contributed by atoms with Crippen LogP contribution in [0.15, 0.2) is 60.7 Å². The first-order valence-electron chi connectivity index (χ1n) is 12.5. The van der Waals surface area contributed by atoms with Crippen molar-refractivity contribution in [3.05, 3.63) is 77.0 Å². The Balaban J connectivity index is 1.25. The van der Waals surface area contributed by atoms with Crippen LogP contribution >= 0.6 is 11.6 Å². The molecule has 3 heterocycles. The summed E-state index contributed by atoms with van der Waals surface area (Å²) in [5, 5.41) is 18.7. The lowest BCUT2D eigenvalue weighted by atomic mass is 9.91. The van der Waals surface area contributed by atoms with E-state index in [1.54, 1.807) is 13.0 Å². The Morgan fingerprint density at radius 3 is 2.56 bits per heavy atom. The minimum absolute atomic E-state index is 0.0511. The van der Waals surface area contributed by atoms with Gasteiger partial charge in [-0.1, -0.05) is 48.0 Å². The van der Waals surface area contributed by atoms with Gasteiger partial charge in [-0.2, -0.15) is 5.10 Å². The lowest BCUT2D eigenvalue weighted by Crippen LogP contribution is -2.46. The number of phenolic OH excluding ortho intramolecular Hbond substituents is 1. The van der Waals surface area contributed by atoms with Crippen molar-refractivity contribution in [2.75, 3.05) is 44.2 Å². The fourth-order valence-electron chi connectivity index (χ4n) is 5.28. The SMILES string of the molecule is CC(=O)N1CCc2[nH]nc(-c3ccc(Cl)cc3)c2C1CC=CCN1CCN(c2ccccc2O)CC1. The summed E-state index contributed by atoms with van der Waals surface area (Å²) in [6.45, 7) is 6.85. The number of amides is 1. The van der Waals surface area contributed by atoms with Crippen LogP contribution in [0.4, 0.5) is 5.69 Å². The summed E-state index contributed by atoms with van der Waals surface area (Å²) < 4.78 is 0. The molecule has 1 amide bonds. The number of phenols is 1. The van der Waals surface area contributed by atoms with Gasteiger partial charge in [-0.05, 0) is 30.7 Å². The molecule has 3 aromatic rings. The number of H-pyrrole nitrogens is 1. The average molecular weight is 506 g/mol. The Morgan fingerprint density at radius 2 is 1.83 bits per heavy atom. The molecule has 0 spiro atoms. The zero-order chi connectivity index (χ0) is 25.1. The van der Waals surface area contributed by atoms with Crippen LogP contribution in [-0.4, -0.2) is 70.3 Å². The highest BCUT2D eigenvalue weighted by molar-refractivity contribution is 6.30. The van der Waals surface area contributed by atoms with Gasteiger partial charge >= 0.3 is 0 Å². The van der Waals surface area contributed by atoms with E-state index >= 15 is 0 Å². The maximum Gasteiger partial charge on any atom is 0.219 e. The largest absolute Gasteiger partial charge is 0.506 e. The van der Waals surface area contributed by atoms with Gasteiger partial charge in [0.2, 0.25) is 5.91 Å². The van der Waals surface area contributed by atoms with Crippen molar-refractivity contribution in [3.63, 3.8) is 0 Å². The number of carbonyl (C=O) groups excluding carboxylic acids is 1. The van der Waals surface area contributed by atoms with Crippen LogP contribution in [0.1, 0.15) is 30.6 Å². The fourth-order valence-corrected chi connectivity index (χ4v) is 5.41. The van der Waals surface area contributed by atoms with E-state index in [0.29, 0.717) is 17.3 Å². The number of para-hydroxylation sites is 2. The molecule has 1 unspecified atom stereocenters. The van der Waals surface area contributed by atoms with E-state index < -0.39 is 0 Å². The molecule has 0 aliphatic carbocycles. The van der Waals surface area contributed by atoms with Crippen LogP contribution in [-0.2, 0) is 11.2 Å². The maximum atomic E-state index is 12.5. The van der Waals surface area contributed by atoms with E-state index in [2.05, 4.69) is 32.1 Å². The fraction of sp³-hybridized carbons (Fsp3) is 0.357. The van der Waals surface area contributed by atoms with Crippen LogP contribution in [0.5, 0.6) is 5.75 Å². The Bertz CT molecular complexity index is 1230. The number of nitrogens with zero attached hydrogens (tertiary/aromatic N) is 4. The minimum atomic E-state index is -0.0511. The number of rotatable bonds is 6. The topological polar surface area (TPSA) is 75.7 Å². The van der Waals surface area contributed by atoms with Gasteiger partial charge in [0.1, 0.15) is 5.75 Å². The summed E-state index contributed by atoms with van der Waals surface area (Å²) in [5.74, 6) is 0.424. The number of piperazine rings is 1. The zero-order valence-electron chi connectivity index (χ0n) is 20.5. The number of hydrogen-bond donors (Lipinski definition) is 2. The molecule has 1 fully saturated rings. The van der Waals surface area contributed by atoms with E-state index in [0.717, 1.165) is 73.8 Å². The van der Waals surface area contributed by atoms with Gasteiger partial charge < -0.3 is 14.9 Å². The van der Waals surface area contributed by atoms with Crippen molar-refractivity contribution in [1.29, 1.82) is 0 Å². The smallest absolute Gasteiger partial charge is 0.219 e. The van der Waals surface area contributed by atoms with Crippen molar-refractivity contribution < 1.29 is 9.90 Å². The molecule has 1 atom stereocenters. The number of fused-ring (bicyclic) bond motifs is 1.